The summed E-state index contributed by atoms with van der Waals surface area (Å²) in [6.07, 6.45) is 0.705. The Labute approximate surface area is 238 Å². The van der Waals surface area contributed by atoms with Crippen LogP contribution in [0.4, 0.5) is 23.0 Å². The first kappa shape index (κ1) is 23.3. The first-order valence-electron chi connectivity index (χ1n) is 13.8. The van der Waals surface area contributed by atoms with E-state index in [1.54, 1.807) is 0 Å². The summed E-state index contributed by atoms with van der Waals surface area (Å²) in [5.41, 5.74) is 14.4. The predicted octanol–water partition coefficient (Wildman–Crippen LogP) is 8.58. The van der Waals surface area contributed by atoms with E-state index in [-0.39, 0.29) is 0 Å². The lowest BCUT2D eigenvalue weighted by Gasteiger charge is -2.23. The molecule has 0 spiro atoms. The second-order valence-electron chi connectivity index (χ2n) is 10.3. The van der Waals surface area contributed by atoms with E-state index in [9.17, 15) is 0 Å². The van der Waals surface area contributed by atoms with Crippen molar-refractivity contribution in [1.29, 1.82) is 0 Å². The van der Waals surface area contributed by atoms with Crippen molar-refractivity contribution < 1.29 is 0 Å². The van der Waals surface area contributed by atoms with E-state index in [0.29, 0.717) is 12.2 Å². The molecule has 0 atom stereocenters. The SMILES string of the molecule is Nc1c(N=C2Cc3ccccc3N2c2cc3ccccc3n2-c2ccccc2)c2ccccc2n1-c1ccccc1. The summed E-state index contributed by atoms with van der Waals surface area (Å²) in [6.45, 7) is 0. The molecular weight excluding hydrogens is 502 g/mol. The summed E-state index contributed by atoms with van der Waals surface area (Å²) in [6, 6.07) is 48.5. The van der Waals surface area contributed by atoms with E-state index in [1.807, 2.05) is 24.3 Å². The summed E-state index contributed by atoms with van der Waals surface area (Å²) >= 11 is 0. The van der Waals surface area contributed by atoms with Crippen molar-refractivity contribution in [2.75, 3.05) is 10.6 Å². The van der Waals surface area contributed by atoms with Gasteiger partial charge in [0.25, 0.3) is 0 Å². The van der Waals surface area contributed by atoms with Crippen molar-refractivity contribution in [1.82, 2.24) is 9.13 Å². The predicted molar refractivity (Wildman–Crippen MR) is 170 cm³/mol. The summed E-state index contributed by atoms with van der Waals surface area (Å²) in [5, 5.41) is 2.20. The van der Waals surface area contributed by atoms with Crippen LogP contribution in [0.25, 0.3) is 33.2 Å². The molecule has 1 aliphatic heterocycles. The Balaban J connectivity index is 1.39. The number of anilines is 3. The summed E-state index contributed by atoms with van der Waals surface area (Å²) in [4.78, 5) is 7.69. The van der Waals surface area contributed by atoms with Crippen LogP contribution in [0.3, 0.4) is 0 Å². The molecule has 0 saturated carbocycles. The highest BCUT2D eigenvalue weighted by atomic mass is 15.3. The molecule has 0 saturated heterocycles. The van der Waals surface area contributed by atoms with Crippen molar-refractivity contribution >= 4 is 50.7 Å². The largest absolute Gasteiger partial charge is 0.383 e. The lowest BCUT2D eigenvalue weighted by molar-refractivity contribution is 1.09. The molecule has 41 heavy (non-hydrogen) atoms. The second-order valence-corrected chi connectivity index (χ2v) is 10.3. The van der Waals surface area contributed by atoms with E-state index in [1.165, 1.54) is 10.9 Å². The molecule has 8 rings (SSSR count). The van der Waals surface area contributed by atoms with Gasteiger partial charge < -0.3 is 5.73 Å². The minimum absolute atomic E-state index is 0.629. The van der Waals surface area contributed by atoms with Crippen LogP contribution in [0, 0.1) is 0 Å². The molecule has 2 N–H and O–H groups in total. The smallest absolute Gasteiger partial charge is 0.135 e. The van der Waals surface area contributed by atoms with Crippen LogP contribution < -0.4 is 10.6 Å². The summed E-state index contributed by atoms with van der Waals surface area (Å²) < 4.78 is 4.42. The number of fused-ring (bicyclic) bond motifs is 3. The number of aromatic nitrogens is 2. The maximum absolute atomic E-state index is 6.93. The van der Waals surface area contributed by atoms with Gasteiger partial charge in [0.05, 0.1) is 16.7 Å². The minimum Gasteiger partial charge on any atom is -0.383 e. The van der Waals surface area contributed by atoms with Gasteiger partial charge in [-0.05, 0) is 54.1 Å². The van der Waals surface area contributed by atoms with Crippen molar-refractivity contribution in [3.8, 4) is 11.4 Å². The fourth-order valence-electron chi connectivity index (χ4n) is 6.11. The van der Waals surface area contributed by atoms with Crippen molar-refractivity contribution in [3.05, 3.63) is 145 Å². The van der Waals surface area contributed by atoms with E-state index < -0.39 is 0 Å². The van der Waals surface area contributed by atoms with Gasteiger partial charge in [0.2, 0.25) is 0 Å². The number of nitrogen functional groups attached to an aromatic ring is 1. The molecule has 5 aromatic carbocycles. The Morgan fingerprint density at radius 1 is 0.585 bits per heavy atom. The maximum atomic E-state index is 6.93. The number of nitrogens with zero attached hydrogens (tertiary/aromatic N) is 4. The molecule has 5 nitrogen and oxygen atoms in total. The summed E-state index contributed by atoms with van der Waals surface area (Å²) in [7, 11) is 0. The number of nitrogens with two attached hydrogens (primary N) is 1. The molecule has 2 aromatic heterocycles. The highest BCUT2D eigenvalue weighted by Crippen LogP contribution is 2.43. The standard InChI is InChI=1S/C36H27N5/c37-36-35(29-19-9-12-22-32(29)40(36)28-17-5-2-6-18-28)38-33-23-25-13-7-11-21-31(25)41(33)34-24-26-14-8-10-20-30(26)39(34)27-15-3-1-4-16-27/h1-22,24H,23,37H2. The number of hydrogen-bond acceptors (Lipinski definition) is 2. The number of para-hydroxylation sites is 5. The van der Waals surface area contributed by atoms with Gasteiger partial charge in [-0.1, -0.05) is 91.0 Å². The Bertz CT molecular complexity index is 2080. The average molecular weight is 530 g/mol. The van der Waals surface area contributed by atoms with Gasteiger partial charge in [0.15, 0.2) is 0 Å². The van der Waals surface area contributed by atoms with Gasteiger partial charge in [-0.15, -0.1) is 0 Å². The average Bonchev–Trinajstić information content (AvgIpc) is 3.67. The Morgan fingerprint density at radius 2 is 1.20 bits per heavy atom. The maximum Gasteiger partial charge on any atom is 0.135 e. The van der Waals surface area contributed by atoms with Gasteiger partial charge in [-0.3, -0.25) is 14.0 Å². The van der Waals surface area contributed by atoms with Gasteiger partial charge in [-0.2, -0.15) is 0 Å². The van der Waals surface area contributed by atoms with E-state index in [0.717, 1.165) is 50.8 Å². The molecule has 0 radical (unpaired) electrons. The fourth-order valence-corrected chi connectivity index (χ4v) is 6.11. The third-order valence-electron chi connectivity index (χ3n) is 7.91. The first-order valence-corrected chi connectivity index (χ1v) is 13.8. The molecule has 196 valence electrons. The van der Waals surface area contributed by atoms with E-state index in [4.69, 9.17) is 10.7 Å². The zero-order valence-corrected chi connectivity index (χ0v) is 22.4. The highest BCUT2D eigenvalue weighted by molar-refractivity contribution is 6.14. The van der Waals surface area contributed by atoms with Crippen LogP contribution in [0.5, 0.6) is 0 Å². The third kappa shape index (κ3) is 3.67. The van der Waals surface area contributed by atoms with Crippen molar-refractivity contribution in [3.63, 3.8) is 0 Å². The molecular formula is C36H27N5. The van der Waals surface area contributed by atoms with Gasteiger partial charge >= 0.3 is 0 Å². The number of hydrogen-bond donors (Lipinski definition) is 1. The van der Waals surface area contributed by atoms with Crippen LogP contribution in [0.2, 0.25) is 0 Å². The second kappa shape index (κ2) is 9.28. The molecule has 0 bridgehead atoms. The van der Waals surface area contributed by atoms with Gasteiger partial charge in [0, 0.05) is 28.6 Å². The first-order chi connectivity index (χ1) is 20.3. The number of benzene rings is 5. The van der Waals surface area contributed by atoms with E-state index >= 15 is 0 Å². The quantitative estimate of drug-likeness (QED) is 0.248. The van der Waals surface area contributed by atoms with Crippen LogP contribution in [0.1, 0.15) is 5.56 Å². The molecule has 1 aliphatic rings. The fraction of sp³-hybridized carbons (Fsp3) is 0.0278. The topological polar surface area (TPSA) is 51.5 Å². The lowest BCUT2D eigenvalue weighted by atomic mass is 10.2. The zero-order valence-electron chi connectivity index (χ0n) is 22.4. The molecule has 5 heteroatoms. The van der Waals surface area contributed by atoms with Crippen LogP contribution >= 0.6 is 0 Å². The zero-order chi connectivity index (χ0) is 27.3. The monoisotopic (exact) mass is 529 g/mol. The van der Waals surface area contributed by atoms with Crippen LogP contribution in [0.15, 0.2) is 145 Å². The van der Waals surface area contributed by atoms with E-state index in [2.05, 4.69) is 129 Å². The molecule has 0 aliphatic carbocycles. The Morgan fingerprint density at radius 3 is 1.98 bits per heavy atom. The highest BCUT2D eigenvalue weighted by Gasteiger charge is 2.31. The minimum atomic E-state index is 0.629. The number of aliphatic imine (C=N–C) groups is 1. The molecule has 0 amide bonds. The van der Waals surface area contributed by atoms with Gasteiger partial charge in [0.1, 0.15) is 23.2 Å². The van der Waals surface area contributed by atoms with Gasteiger partial charge in [-0.25, -0.2) is 4.99 Å². The lowest BCUT2D eigenvalue weighted by Crippen LogP contribution is -2.23. The molecule has 0 unspecified atom stereocenters. The van der Waals surface area contributed by atoms with Crippen LogP contribution in [-0.4, -0.2) is 15.0 Å². The normalized spacial score (nSPS) is 13.9. The Hall–Kier alpha value is -5.55. The molecule has 7 aromatic rings. The Kier molecular flexibility index (Phi) is 5.28. The molecule has 0 fully saturated rings. The van der Waals surface area contributed by atoms with Crippen molar-refractivity contribution in [2.24, 2.45) is 4.99 Å². The molecule has 3 heterocycles. The third-order valence-corrected chi connectivity index (χ3v) is 7.91. The number of amidine groups is 1. The number of rotatable bonds is 4. The van der Waals surface area contributed by atoms with Crippen molar-refractivity contribution in [2.45, 2.75) is 6.42 Å². The summed E-state index contributed by atoms with van der Waals surface area (Å²) in [5.74, 6) is 2.62. The van der Waals surface area contributed by atoms with Crippen LogP contribution in [-0.2, 0) is 6.42 Å².